The number of halogens is 1. The number of nitrogens with one attached hydrogen (secondary N) is 2. The Morgan fingerprint density at radius 3 is 2.59 bits per heavy atom. The minimum atomic E-state index is -2.92. The van der Waals surface area contributed by atoms with Crippen LogP contribution in [0.2, 0.25) is 0 Å². The number of rotatable bonds is 7. The van der Waals surface area contributed by atoms with Crippen LogP contribution in [-0.2, 0) is 9.84 Å². The summed E-state index contributed by atoms with van der Waals surface area (Å²) in [5.41, 5.74) is 0. The molecule has 2 atom stereocenters. The van der Waals surface area contributed by atoms with Crippen LogP contribution in [0.3, 0.4) is 0 Å². The van der Waals surface area contributed by atoms with E-state index in [9.17, 15) is 8.42 Å². The minimum absolute atomic E-state index is 0. The molecule has 0 spiro atoms. The molecule has 0 bridgehead atoms. The number of guanidine groups is 1. The second kappa shape index (κ2) is 10.4. The van der Waals surface area contributed by atoms with Crippen LogP contribution in [0.4, 0.5) is 0 Å². The molecule has 0 aliphatic carbocycles. The van der Waals surface area contributed by atoms with E-state index in [1.807, 2.05) is 6.92 Å². The Labute approximate surface area is 154 Å². The van der Waals surface area contributed by atoms with Gasteiger partial charge in [-0.3, -0.25) is 4.99 Å². The number of hydrogen-bond donors (Lipinski definition) is 2. The van der Waals surface area contributed by atoms with Crippen molar-refractivity contribution in [2.75, 3.05) is 25.6 Å². The Kier molecular flexibility index (Phi) is 10.3. The summed E-state index contributed by atoms with van der Waals surface area (Å²) in [6.07, 6.45) is 1.83. The maximum absolute atomic E-state index is 11.2. The lowest BCUT2D eigenvalue weighted by molar-refractivity contribution is 0.580. The zero-order valence-electron chi connectivity index (χ0n) is 13.5. The van der Waals surface area contributed by atoms with Crippen molar-refractivity contribution in [3.05, 3.63) is 22.4 Å². The largest absolute Gasteiger partial charge is 0.356 e. The van der Waals surface area contributed by atoms with Crippen LogP contribution in [0.1, 0.15) is 31.1 Å². The van der Waals surface area contributed by atoms with Crippen molar-refractivity contribution in [2.24, 2.45) is 4.99 Å². The molecular formula is C14H26IN3O2S2. The van der Waals surface area contributed by atoms with Gasteiger partial charge in [0.15, 0.2) is 5.96 Å². The smallest absolute Gasteiger partial charge is 0.191 e. The quantitative estimate of drug-likeness (QED) is 0.374. The van der Waals surface area contributed by atoms with E-state index in [1.54, 1.807) is 18.4 Å². The van der Waals surface area contributed by atoms with Crippen molar-refractivity contribution < 1.29 is 8.42 Å². The zero-order valence-corrected chi connectivity index (χ0v) is 17.5. The second-order valence-electron chi connectivity index (χ2n) is 5.33. The van der Waals surface area contributed by atoms with Crippen LogP contribution in [0.25, 0.3) is 0 Å². The fourth-order valence-electron chi connectivity index (χ4n) is 1.81. The van der Waals surface area contributed by atoms with E-state index < -0.39 is 9.84 Å². The van der Waals surface area contributed by atoms with Crippen molar-refractivity contribution in [3.63, 3.8) is 0 Å². The van der Waals surface area contributed by atoms with Gasteiger partial charge in [-0.15, -0.1) is 35.3 Å². The molecule has 0 radical (unpaired) electrons. The van der Waals surface area contributed by atoms with E-state index in [-0.39, 0.29) is 35.8 Å². The summed E-state index contributed by atoms with van der Waals surface area (Å²) in [4.78, 5) is 5.51. The van der Waals surface area contributed by atoms with Crippen molar-refractivity contribution in [3.8, 4) is 0 Å². The molecule has 1 aromatic heterocycles. The van der Waals surface area contributed by atoms with Gasteiger partial charge in [-0.1, -0.05) is 13.0 Å². The van der Waals surface area contributed by atoms with Gasteiger partial charge >= 0.3 is 0 Å². The third-order valence-electron chi connectivity index (χ3n) is 3.13. The van der Waals surface area contributed by atoms with Crippen molar-refractivity contribution in [2.45, 2.75) is 32.2 Å². The number of thiophene rings is 1. The molecular weight excluding hydrogens is 433 g/mol. The Morgan fingerprint density at radius 1 is 1.41 bits per heavy atom. The van der Waals surface area contributed by atoms with Crippen LogP contribution < -0.4 is 10.6 Å². The molecule has 0 saturated heterocycles. The minimum Gasteiger partial charge on any atom is -0.356 e. The zero-order chi connectivity index (χ0) is 15.9. The highest BCUT2D eigenvalue weighted by molar-refractivity contribution is 14.0. The Balaban J connectivity index is 0.00000441. The third kappa shape index (κ3) is 8.94. The molecule has 0 aliphatic rings. The van der Waals surface area contributed by atoms with Crippen LogP contribution >= 0.6 is 35.3 Å². The lowest BCUT2D eigenvalue weighted by Crippen LogP contribution is -2.43. The van der Waals surface area contributed by atoms with Crippen molar-refractivity contribution in [1.29, 1.82) is 0 Å². The van der Waals surface area contributed by atoms with Crippen LogP contribution in [0.5, 0.6) is 0 Å². The topological polar surface area (TPSA) is 70.6 Å². The Bertz CT molecular complexity index is 544. The van der Waals surface area contributed by atoms with Gasteiger partial charge in [0.25, 0.3) is 0 Å². The van der Waals surface area contributed by atoms with E-state index in [1.165, 1.54) is 11.1 Å². The maximum Gasteiger partial charge on any atom is 0.191 e. The molecule has 2 N–H and O–H groups in total. The first kappa shape index (κ1) is 21.6. The van der Waals surface area contributed by atoms with Crippen LogP contribution in [-0.4, -0.2) is 46.0 Å². The fourth-order valence-corrected chi connectivity index (χ4v) is 3.38. The van der Waals surface area contributed by atoms with E-state index in [0.29, 0.717) is 18.3 Å². The average molecular weight is 459 g/mol. The summed E-state index contributed by atoms with van der Waals surface area (Å²) in [6, 6.07) is 4.24. The number of hydrogen-bond acceptors (Lipinski definition) is 4. The first-order valence-corrected chi connectivity index (χ1v) is 9.94. The Hall–Kier alpha value is -0.350. The highest BCUT2D eigenvalue weighted by atomic mass is 127. The molecule has 0 fully saturated rings. The van der Waals surface area contributed by atoms with E-state index in [4.69, 9.17) is 0 Å². The van der Waals surface area contributed by atoms with E-state index in [2.05, 4.69) is 40.1 Å². The predicted octanol–water partition coefficient (Wildman–Crippen LogP) is 2.46. The molecule has 5 nitrogen and oxygen atoms in total. The lowest BCUT2D eigenvalue weighted by atomic mass is 10.1. The standard InChI is InChI=1S/C14H25N3O2S2.HI/c1-11(13-6-5-8-20-13)10-16-14(15-3)17-12(2)7-9-21(4,18)19;/h5-6,8,11-12H,7,9-10H2,1-4H3,(H2,15,16,17);1H. The summed E-state index contributed by atoms with van der Waals surface area (Å²) in [5.74, 6) is 1.30. The second-order valence-corrected chi connectivity index (χ2v) is 8.57. The monoisotopic (exact) mass is 459 g/mol. The van der Waals surface area contributed by atoms with Gasteiger partial charge in [-0.2, -0.15) is 0 Å². The first-order valence-electron chi connectivity index (χ1n) is 7.00. The number of aliphatic imine (C=N–C) groups is 1. The molecule has 128 valence electrons. The first-order chi connectivity index (χ1) is 9.81. The molecule has 0 saturated carbocycles. The fraction of sp³-hybridized carbons (Fsp3) is 0.643. The summed E-state index contributed by atoms with van der Waals surface area (Å²) >= 11 is 1.75. The van der Waals surface area contributed by atoms with Crippen molar-refractivity contribution in [1.82, 2.24) is 10.6 Å². The summed E-state index contributed by atoms with van der Waals surface area (Å²) in [5, 5.41) is 8.57. The molecule has 0 aliphatic heterocycles. The van der Waals surface area contributed by atoms with Crippen LogP contribution in [0.15, 0.2) is 22.5 Å². The maximum atomic E-state index is 11.2. The highest BCUT2D eigenvalue weighted by Crippen LogP contribution is 2.19. The van der Waals surface area contributed by atoms with Gasteiger partial charge in [0.05, 0.1) is 5.75 Å². The molecule has 0 amide bonds. The van der Waals surface area contributed by atoms with Gasteiger partial charge < -0.3 is 10.6 Å². The van der Waals surface area contributed by atoms with Gasteiger partial charge in [-0.25, -0.2) is 8.42 Å². The average Bonchev–Trinajstić information content (AvgIpc) is 2.94. The molecule has 22 heavy (non-hydrogen) atoms. The van der Waals surface area contributed by atoms with Gasteiger partial charge in [0, 0.05) is 36.7 Å². The van der Waals surface area contributed by atoms with E-state index in [0.717, 1.165) is 6.54 Å². The lowest BCUT2D eigenvalue weighted by Gasteiger charge is -2.19. The SMILES string of the molecule is CN=C(NCC(C)c1cccs1)NC(C)CCS(C)(=O)=O.I. The van der Waals surface area contributed by atoms with Crippen molar-refractivity contribution >= 4 is 51.1 Å². The molecule has 0 aromatic carbocycles. The highest BCUT2D eigenvalue weighted by Gasteiger charge is 2.11. The Morgan fingerprint density at radius 2 is 2.09 bits per heavy atom. The molecule has 2 unspecified atom stereocenters. The van der Waals surface area contributed by atoms with Crippen LogP contribution in [0, 0.1) is 0 Å². The summed E-state index contributed by atoms with van der Waals surface area (Å²) in [6.45, 7) is 4.92. The normalized spacial score (nSPS) is 14.8. The molecule has 8 heteroatoms. The molecule has 1 rings (SSSR count). The summed E-state index contributed by atoms with van der Waals surface area (Å²) < 4.78 is 22.3. The van der Waals surface area contributed by atoms with Gasteiger partial charge in [-0.05, 0) is 24.8 Å². The molecule has 1 heterocycles. The molecule has 1 aromatic rings. The predicted molar refractivity (Wildman–Crippen MR) is 106 cm³/mol. The summed E-state index contributed by atoms with van der Waals surface area (Å²) in [7, 11) is -1.20. The number of nitrogens with zero attached hydrogens (tertiary/aromatic N) is 1. The van der Waals surface area contributed by atoms with Gasteiger partial charge in [0.1, 0.15) is 9.84 Å². The van der Waals surface area contributed by atoms with Gasteiger partial charge in [0.2, 0.25) is 0 Å². The number of sulfone groups is 1. The van der Waals surface area contributed by atoms with E-state index >= 15 is 0 Å². The third-order valence-corrected chi connectivity index (χ3v) is 5.21.